The van der Waals surface area contributed by atoms with Crippen molar-refractivity contribution in [2.45, 2.75) is 45.1 Å². The zero-order valence-electron chi connectivity index (χ0n) is 21.0. The van der Waals surface area contributed by atoms with Crippen LogP contribution in [0.5, 0.6) is 0 Å². The number of imide groups is 1. The molecule has 7 nitrogen and oxygen atoms in total. The van der Waals surface area contributed by atoms with Crippen molar-refractivity contribution in [2.24, 2.45) is 11.8 Å². The minimum absolute atomic E-state index is 0.00606. The van der Waals surface area contributed by atoms with Crippen molar-refractivity contribution in [3.63, 3.8) is 0 Å². The van der Waals surface area contributed by atoms with Crippen molar-refractivity contribution in [3.8, 4) is 0 Å². The van der Waals surface area contributed by atoms with E-state index in [1.807, 2.05) is 37.4 Å². The molecule has 0 radical (unpaired) electrons. The molecule has 3 amide bonds. The number of carbonyl (C=O) groups is 3. The summed E-state index contributed by atoms with van der Waals surface area (Å²) in [6, 6.07) is 12.9. The molecule has 0 spiro atoms. The van der Waals surface area contributed by atoms with Crippen LogP contribution in [-0.4, -0.2) is 70.6 Å². The van der Waals surface area contributed by atoms with Crippen LogP contribution in [0.1, 0.15) is 44.2 Å². The number of hydrogen-bond donors (Lipinski definition) is 0. The Hall–Kier alpha value is -3.06. The third-order valence-corrected chi connectivity index (χ3v) is 7.23. The summed E-state index contributed by atoms with van der Waals surface area (Å²) in [5, 5.41) is 0. The van der Waals surface area contributed by atoms with Gasteiger partial charge < -0.3 is 9.80 Å². The Morgan fingerprint density at radius 2 is 1.86 bits per heavy atom. The molecule has 7 heteroatoms. The number of carbonyl (C=O) groups excluding carboxylic acids is 3. The van der Waals surface area contributed by atoms with E-state index in [0.717, 1.165) is 37.2 Å². The van der Waals surface area contributed by atoms with Crippen molar-refractivity contribution >= 4 is 17.7 Å². The Morgan fingerprint density at radius 1 is 1.14 bits per heavy atom. The van der Waals surface area contributed by atoms with E-state index in [-0.39, 0.29) is 37.1 Å². The second-order valence-corrected chi connectivity index (χ2v) is 10.5. The molecule has 2 aromatic rings. The molecule has 2 aliphatic rings. The molecule has 2 atom stereocenters. The maximum atomic E-state index is 13.8. The first-order valence-electron chi connectivity index (χ1n) is 12.5. The molecular formula is C28H36N4O3. The van der Waals surface area contributed by atoms with E-state index < -0.39 is 5.41 Å². The van der Waals surface area contributed by atoms with Crippen LogP contribution < -0.4 is 0 Å². The molecule has 2 aliphatic heterocycles. The average Bonchev–Trinajstić information content (AvgIpc) is 3.37. The molecule has 2 saturated heterocycles. The van der Waals surface area contributed by atoms with Crippen molar-refractivity contribution < 1.29 is 14.4 Å². The van der Waals surface area contributed by atoms with Gasteiger partial charge in [0.05, 0.1) is 12.0 Å². The van der Waals surface area contributed by atoms with E-state index in [1.165, 1.54) is 4.90 Å². The number of aromatic nitrogens is 1. The molecular weight excluding hydrogens is 440 g/mol. The van der Waals surface area contributed by atoms with Crippen LogP contribution >= 0.6 is 0 Å². The van der Waals surface area contributed by atoms with E-state index >= 15 is 0 Å². The number of likely N-dealkylation sites (tertiary alicyclic amines) is 2. The first-order valence-corrected chi connectivity index (χ1v) is 12.5. The van der Waals surface area contributed by atoms with Crippen LogP contribution in [0, 0.1) is 11.8 Å². The fraction of sp³-hybridized carbons (Fsp3) is 0.500. The normalized spacial score (nSPS) is 22.9. The highest BCUT2D eigenvalue weighted by Gasteiger charge is 2.54. The van der Waals surface area contributed by atoms with Gasteiger partial charge in [0, 0.05) is 51.9 Å². The first kappa shape index (κ1) is 25.0. The zero-order valence-corrected chi connectivity index (χ0v) is 21.0. The fourth-order valence-electron chi connectivity index (χ4n) is 5.48. The number of amides is 3. The monoisotopic (exact) mass is 476 g/mol. The molecule has 0 unspecified atom stereocenters. The quantitative estimate of drug-likeness (QED) is 0.520. The molecule has 0 bridgehead atoms. The smallest absolute Gasteiger partial charge is 0.241 e. The molecule has 4 rings (SSSR count). The molecule has 3 heterocycles. The summed E-state index contributed by atoms with van der Waals surface area (Å²) >= 11 is 0. The molecule has 2 fully saturated rings. The van der Waals surface area contributed by atoms with E-state index in [0.29, 0.717) is 18.4 Å². The van der Waals surface area contributed by atoms with Crippen LogP contribution in [0.2, 0.25) is 0 Å². The summed E-state index contributed by atoms with van der Waals surface area (Å²) < 4.78 is 0. The molecule has 186 valence electrons. The van der Waals surface area contributed by atoms with Gasteiger partial charge in [-0.3, -0.25) is 24.3 Å². The Morgan fingerprint density at radius 3 is 2.54 bits per heavy atom. The Kier molecular flexibility index (Phi) is 7.65. The lowest BCUT2D eigenvalue weighted by Gasteiger charge is -2.30. The minimum Gasteiger partial charge on any atom is -0.345 e. The van der Waals surface area contributed by atoms with E-state index in [9.17, 15) is 14.4 Å². The Balaban J connectivity index is 1.50. The Bertz CT molecular complexity index is 1040. The standard InChI is InChI=1S/C28H36N4O3/c1-21(2)17-31-14-11-23(19-31)18-30(3)25(33)15-28(24-7-5-4-6-8-24)16-26(34)32(27(28)35)20-22-9-12-29-13-10-22/h4-10,12-13,21,23H,11,14-20H2,1-3H3/t23-,28+/m1/s1. The van der Waals surface area contributed by atoms with Gasteiger partial charge in [0.2, 0.25) is 17.7 Å². The van der Waals surface area contributed by atoms with Crippen LogP contribution in [0.25, 0.3) is 0 Å². The lowest BCUT2D eigenvalue weighted by atomic mass is 9.75. The maximum absolute atomic E-state index is 13.8. The van der Waals surface area contributed by atoms with Gasteiger partial charge >= 0.3 is 0 Å². The lowest BCUT2D eigenvalue weighted by molar-refractivity contribution is -0.143. The van der Waals surface area contributed by atoms with Gasteiger partial charge in [0.1, 0.15) is 0 Å². The van der Waals surface area contributed by atoms with E-state index in [2.05, 4.69) is 23.7 Å². The third-order valence-electron chi connectivity index (χ3n) is 7.23. The fourth-order valence-corrected chi connectivity index (χ4v) is 5.48. The summed E-state index contributed by atoms with van der Waals surface area (Å²) in [7, 11) is 1.82. The molecule has 1 aromatic carbocycles. The summed E-state index contributed by atoms with van der Waals surface area (Å²) in [5.74, 6) is 0.421. The van der Waals surface area contributed by atoms with E-state index in [1.54, 1.807) is 29.4 Å². The second kappa shape index (κ2) is 10.7. The highest BCUT2D eigenvalue weighted by atomic mass is 16.2. The van der Waals surface area contributed by atoms with Gasteiger partial charge in [-0.15, -0.1) is 0 Å². The minimum atomic E-state index is -1.17. The summed E-state index contributed by atoms with van der Waals surface area (Å²) in [6.07, 6.45) is 4.37. The van der Waals surface area contributed by atoms with Gasteiger partial charge in [-0.1, -0.05) is 44.2 Å². The molecule has 0 saturated carbocycles. The van der Waals surface area contributed by atoms with Gasteiger partial charge in [-0.05, 0) is 48.1 Å². The van der Waals surface area contributed by atoms with Crippen LogP contribution in [-0.2, 0) is 26.3 Å². The predicted octanol–water partition coefficient (Wildman–Crippen LogP) is 3.10. The van der Waals surface area contributed by atoms with Crippen LogP contribution in [0.15, 0.2) is 54.9 Å². The largest absolute Gasteiger partial charge is 0.345 e. The predicted molar refractivity (Wildman–Crippen MR) is 134 cm³/mol. The molecule has 1 aromatic heterocycles. The molecule has 0 aliphatic carbocycles. The van der Waals surface area contributed by atoms with Crippen LogP contribution in [0.3, 0.4) is 0 Å². The second-order valence-electron chi connectivity index (χ2n) is 10.5. The van der Waals surface area contributed by atoms with Gasteiger partial charge in [-0.25, -0.2) is 0 Å². The van der Waals surface area contributed by atoms with Gasteiger partial charge in [0.15, 0.2) is 0 Å². The van der Waals surface area contributed by atoms with E-state index in [4.69, 9.17) is 0 Å². The number of hydrogen-bond acceptors (Lipinski definition) is 5. The number of benzene rings is 1. The number of nitrogens with zero attached hydrogens (tertiary/aromatic N) is 4. The zero-order chi connectivity index (χ0) is 25.0. The molecule has 0 N–H and O–H groups in total. The van der Waals surface area contributed by atoms with Crippen molar-refractivity contribution in [1.82, 2.24) is 19.7 Å². The van der Waals surface area contributed by atoms with Crippen molar-refractivity contribution in [1.29, 1.82) is 0 Å². The van der Waals surface area contributed by atoms with Crippen LogP contribution in [0.4, 0.5) is 0 Å². The maximum Gasteiger partial charge on any atom is 0.241 e. The summed E-state index contributed by atoms with van der Waals surface area (Å²) in [6.45, 7) is 8.45. The van der Waals surface area contributed by atoms with Crippen molar-refractivity contribution in [2.75, 3.05) is 33.2 Å². The average molecular weight is 477 g/mol. The molecule has 35 heavy (non-hydrogen) atoms. The highest BCUT2D eigenvalue weighted by molar-refractivity contribution is 6.10. The number of pyridine rings is 1. The number of rotatable bonds is 9. The SMILES string of the molecule is CC(C)CN1CC[C@H](CN(C)C(=O)C[C@@]2(c3ccccc3)CC(=O)N(Cc3ccncc3)C2=O)C1. The van der Waals surface area contributed by atoms with Crippen molar-refractivity contribution in [3.05, 3.63) is 66.0 Å². The first-order chi connectivity index (χ1) is 16.8. The highest BCUT2D eigenvalue weighted by Crippen LogP contribution is 2.41. The summed E-state index contributed by atoms with van der Waals surface area (Å²) in [5.41, 5.74) is 0.387. The summed E-state index contributed by atoms with van der Waals surface area (Å²) in [4.78, 5) is 49.9. The lowest BCUT2D eigenvalue weighted by Crippen LogP contribution is -2.43. The van der Waals surface area contributed by atoms with Gasteiger partial charge in [0.25, 0.3) is 0 Å². The third kappa shape index (κ3) is 5.61. The Labute approximate surface area is 208 Å². The topological polar surface area (TPSA) is 73.8 Å². The van der Waals surface area contributed by atoms with Gasteiger partial charge in [-0.2, -0.15) is 0 Å².